The third-order valence-corrected chi connectivity index (χ3v) is 4.57. The Morgan fingerprint density at radius 3 is 2.67 bits per heavy atom. The van der Waals surface area contributed by atoms with Crippen molar-refractivity contribution in [1.29, 1.82) is 0 Å². The number of benzene rings is 1. The van der Waals surface area contributed by atoms with E-state index in [4.69, 9.17) is 11.6 Å². The van der Waals surface area contributed by atoms with E-state index in [0.717, 1.165) is 21.1 Å². The van der Waals surface area contributed by atoms with Crippen LogP contribution in [0.25, 0.3) is 0 Å². The molecule has 0 bridgehead atoms. The standard InChI is InChI=1S/C15H21BrClN/c1-10-6-12(9-15(2,3)8-10)18-14-5-4-11(17)7-13(14)16/h4-5,7,10,12,18H,6,8-9H2,1-3H3. The van der Waals surface area contributed by atoms with Gasteiger partial charge in [0.15, 0.2) is 0 Å². The molecule has 1 N–H and O–H groups in total. The molecule has 1 aromatic rings. The Morgan fingerprint density at radius 2 is 2.06 bits per heavy atom. The molecule has 0 aromatic heterocycles. The van der Waals surface area contributed by atoms with Gasteiger partial charge in [0.25, 0.3) is 0 Å². The van der Waals surface area contributed by atoms with Crippen molar-refractivity contribution in [2.24, 2.45) is 11.3 Å². The number of hydrogen-bond donors (Lipinski definition) is 1. The zero-order valence-electron chi connectivity index (χ0n) is 11.3. The van der Waals surface area contributed by atoms with Crippen LogP contribution in [0.15, 0.2) is 22.7 Å². The summed E-state index contributed by atoms with van der Waals surface area (Å²) in [5.41, 5.74) is 1.59. The normalized spacial score (nSPS) is 26.9. The molecule has 18 heavy (non-hydrogen) atoms. The molecule has 100 valence electrons. The molecule has 1 nitrogen and oxygen atoms in total. The Kier molecular flexibility index (Phi) is 4.28. The van der Waals surface area contributed by atoms with Gasteiger partial charge in [0.05, 0.1) is 0 Å². The molecule has 2 unspecified atom stereocenters. The van der Waals surface area contributed by atoms with Crippen molar-refractivity contribution in [3.63, 3.8) is 0 Å². The average Bonchev–Trinajstić information content (AvgIpc) is 2.19. The molecule has 1 aliphatic carbocycles. The molecule has 0 radical (unpaired) electrons. The highest BCUT2D eigenvalue weighted by molar-refractivity contribution is 9.10. The van der Waals surface area contributed by atoms with Gasteiger partial charge in [-0.25, -0.2) is 0 Å². The highest BCUT2D eigenvalue weighted by atomic mass is 79.9. The largest absolute Gasteiger partial charge is 0.381 e. The lowest BCUT2D eigenvalue weighted by molar-refractivity contribution is 0.178. The molecule has 3 heteroatoms. The molecule has 2 atom stereocenters. The maximum Gasteiger partial charge on any atom is 0.0487 e. The number of halogens is 2. The second kappa shape index (κ2) is 5.42. The van der Waals surface area contributed by atoms with E-state index in [-0.39, 0.29) is 0 Å². The van der Waals surface area contributed by atoms with Crippen LogP contribution in [0, 0.1) is 11.3 Å². The van der Waals surface area contributed by atoms with E-state index in [1.54, 1.807) is 0 Å². The van der Waals surface area contributed by atoms with Crippen LogP contribution in [-0.2, 0) is 0 Å². The molecule has 0 aliphatic heterocycles. The van der Waals surface area contributed by atoms with Gasteiger partial charge in [0, 0.05) is 21.2 Å². The summed E-state index contributed by atoms with van der Waals surface area (Å²) in [5, 5.41) is 4.43. The summed E-state index contributed by atoms with van der Waals surface area (Å²) in [4.78, 5) is 0. The number of nitrogens with one attached hydrogen (secondary N) is 1. The van der Waals surface area contributed by atoms with E-state index in [9.17, 15) is 0 Å². The van der Waals surface area contributed by atoms with Crippen LogP contribution in [0.4, 0.5) is 5.69 Å². The molecule has 1 fully saturated rings. The molecule has 0 amide bonds. The zero-order chi connectivity index (χ0) is 13.3. The highest BCUT2D eigenvalue weighted by Gasteiger charge is 2.32. The van der Waals surface area contributed by atoms with Gasteiger partial charge < -0.3 is 5.32 Å². The van der Waals surface area contributed by atoms with Gasteiger partial charge in [0.1, 0.15) is 0 Å². The Hall–Kier alpha value is -0.210. The number of rotatable bonds is 2. The summed E-state index contributed by atoms with van der Waals surface area (Å²) in [7, 11) is 0. The Bertz CT molecular complexity index is 431. The fourth-order valence-electron chi connectivity index (χ4n) is 3.28. The number of anilines is 1. The van der Waals surface area contributed by atoms with Crippen LogP contribution >= 0.6 is 27.5 Å². The van der Waals surface area contributed by atoms with Crippen molar-refractivity contribution in [2.45, 2.75) is 46.1 Å². The second-order valence-corrected chi connectivity index (χ2v) is 7.67. The SMILES string of the molecule is CC1CC(Nc2ccc(Cl)cc2Br)CC(C)(C)C1. The Morgan fingerprint density at radius 1 is 1.33 bits per heavy atom. The Balaban J connectivity index is 2.09. The van der Waals surface area contributed by atoms with E-state index in [1.165, 1.54) is 19.3 Å². The maximum atomic E-state index is 5.97. The highest BCUT2D eigenvalue weighted by Crippen LogP contribution is 2.40. The third-order valence-electron chi connectivity index (χ3n) is 3.68. The van der Waals surface area contributed by atoms with Crippen LogP contribution in [-0.4, -0.2) is 6.04 Å². The molecular weight excluding hydrogens is 310 g/mol. The summed E-state index contributed by atoms with van der Waals surface area (Å²) >= 11 is 9.54. The quantitative estimate of drug-likeness (QED) is 0.730. The molecule has 0 heterocycles. The lowest BCUT2D eigenvalue weighted by Crippen LogP contribution is -2.35. The smallest absolute Gasteiger partial charge is 0.0487 e. The van der Waals surface area contributed by atoms with Crippen LogP contribution in [0.3, 0.4) is 0 Å². The van der Waals surface area contributed by atoms with Crippen molar-refractivity contribution in [3.8, 4) is 0 Å². The van der Waals surface area contributed by atoms with Gasteiger partial charge in [0.2, 0.25) is 0 Å². The molecule has 1 aromatic carbocycles. The van der Waals surface area contributed by atoms with E-state index < -0.39 is 0 Å². The minimum absolute atomic E-state index is 0.439. The first-order valence-electron chi connectivity index (χ1n) is 6.57. The molecular formula is C15H21BrClN. The topological polar surface area (TPSA) is 12.0 Å². The van der Waals surface area contributed by atoms with Crippen molar-refractivity contribution in [1.82, 2.24) is 0 Å². The van der Waals surface area contributed by atoms with Gasteiger partial charge in [-0.2, -0.15) is 0 Å². The molecule has 1 aliphatic rings. The molecule has 2 rings (SSSR count). The van der Waals surface area contributed by atoms with Crippen LogP contribution in [0.2, 0.25) is 5.02 Å². The summed E-state index contributed by atoms with van der Waals surface area (Å²) in [6.45, 7) is 7.09. The fraction of sp³-hybridized carbons (Fsp3) is 0.600. The van der Waals surface area contributed by atoms with Crippen LogP contribution in [0.1, 0.15) is 40.0 Å². The van der Waals surface area contributed by atoms with Crippen LogP contribution < -0.4 is 5.32 Å². The summed E-state index contributed by atoms with van der Waals surface area (Å²) < 4.78 is 1.05. The first-order chi connectivity index (χ1) is 8.35. The van der Waals surface area contributed by atoms with E-state index in [0.29, 0.717) is 11.5 Å². The summed E-state index contributed by atoms with van der Waals surface area (Å²) in [6, 6.07) is 6.49. The second-order valence-electron chi connectivity index (χ2n) is 6.38. The minimum Gasteiger partial charge on any atom is -0.381 e. The lowest BCUT2D eigenvalue weighted by Gasteiger charge is -2.39. The maximum absolute atomic E-state index is 5.97. The monoisotopic (exact) mass is 329 g/mol. The molecule has 0 saturated heterocycles. The van der Waals surface area contributed by atoms with Crippen molar-refractivity contribution >= 4 is 33.2 Å². The zero-order valence-corrected chi connectivity index (χ0v) is 13.6. The minimum atomic E-state index is 0.439. The van der Waals surface area contributed by atoms with Crippen molar-refractivity contribution in [3.05, 3.63) is 27.7 Å². The third kappa shape index (κ3) is 3.64. The van der Waals surface area contributed by atoms with Crippen molar-refractivity contribution < 1.29 is 0 Å². The number of hydrogen-bond acceptors (Lipinski definition) is 1. The first kappa shape index (κ1) is 14.2. The van der Waals surface area contributed by atoms with Gasteiger partial charge in [-0.3, -0.25) is 0 Å². The van der Waals surface area contributed by atoms with E-state index in [2.05, 4.69) is 48.1 Å². The fourth-order valence-corrected chi connectivity index (χ4v) is 4.08. The lowest BCUT2D eigenvalue weighted by atomic mass is 9.70. The average molecular weight is 331 g/mol. The van der Waals surface area contributed by atoms with E-state index >= 15 is 0 Å². The van der Waals surface area contributed by atoms with E-state index in [1.807, 2.05) is 12.1 Å². The molecule has 1 saturated carbocycles. The predicted molar refractivity (Wildman–Crippen MR) is 83.4 cm³/mol. The Labute approximate surface area is 123 Å². The molecule has 0 spiro atoms. The van der Waals surface area contributed by atoms with Gasteiger partial charge in [-0.05, 0) is 64.7 Å². The first-order valence-corrected chi connectivity index (χ1v) is 7.74. The van der Waals surface area contributed by atoms with Gasteiger partial charge in [-0.1, -0.05) is 32.4 Å². The van der Waals surface area contributed by atoms with Gasteiger partial charge in [-0.15, -0.1) is 0 Å². The summed E-state index contributed by atoms with van der Waals surface area (Å²) in [6.07, 6.45) is 3.80. The van der Waals surface area contributed by atoms with Gasteiger partial charge >= 0.3 is 0 Å². The predicted octanol–water partition coefficient (Wildman–Crippen LogP) is 5.73. The summed E-state index contributed by atoms with van der Waals surface area (Å²) in [5.74, 6) is 0.789. The van der Waals surface area contributed by atoms with Crippen LogP contribution in [0.5, 0.6) is 0 Å². The van der Waals surface area contributed by atoms with Crippen molar-refractivity contribution in [2.75, 3.05) is 5.32 Å².